The fourth-order valence-electron chi connectivity index (χ4n) is 4.85. The van der Waals surface area contributed by atoms with Crippen molar-refractivity contribution in [1.29, 1.82) is 0 Å². The van der Waals surface area contributed by atoms with Gasteiger partial charge in [0.1, 0.15) is 5.78 Å². The maximum absolute atomic E-state index is 11.8. The first-order valence-corrected chi connectivity index (χ1v) is 12.6. The molecule has 0 saturated carbocycles. The van der Waals surface area contributed by atoms with Gasteiger partial charge in [-0.25, -0.2) is 0 Å². The fraction of sp³-hybridized carbons (Fsp3) is 0.250. The second kappa shape index (κ2) is 12.3. The lowest BCUT2D eigenvalue weighted by Gasteiger charge is -2.31. The molecule has 0 aliphatic rings. The van der Waals surface area contributed by atoms with Crippen LogP contribution in [0.1, 0.15) is 43.0 Å². The van der Waals surface area contributed by atoms with Crippen molar-refractivity contribution in [3.05, 3.63) is 121 Å². The van der Waals surface area contributed by atoms with Crippen LogP contribution in [0.2, 0.25) is 0 Å². The van der Waals surface area contributed by atoms with Crippen LogP contribution in [0.5, 0.6) is 0 Å². The molecule has 0 bridgehead atoms. The largest absolute Gasteiger partial charge is 0.370 e. The summed E-state index contributed by atoms with van der Waals surface area (Å²) in [5.74, 6) is 0.437. The Morgan fingerprint density at radius 2 is 1.53 bits per heavy atom. The zero-order chi connectivity index (χ0) is 25.3. The number of ketones is 1. The number of carbonyl (C=O) groups is 1. The van der Waals surface area contributed by atoms with Gasteiger partial charge in [0.2, 0.25) is 0 Å². The number of nitrogens with one attached hydrogen (secondary N) is 1. The van der Waals surface area contributed by atoms with Gasteiger partial charge in [0, 0.05) is 55.1 Å². The fourth-order valence-corrected chi connectivity index (χ4v) is 4.85. The van der Waals surface area contributed by atoms with E-state index in [0.29, 0.717) is 6.42 Å². The first-order valence-electron chi connectivity index (χ1n) is 12.6. The van der Waals surface area contributed by atoms with Crippen LogP contribution in [0.25, 0.3) is 16.5 Å². The summed E-state index contributed by atoms with van der Waals surface area (Å²) in [6, 6.07) is 29.4. The van der Waals surface area contributed by atoms with Gasteiger partial charge in [-0.1, -0.05) is 98.4 Å². The lowest BCUT2D eigenvalue weighted by atomic mass is 9.98. The number of aromatic nitrogens is 1. The summed E-state index contributed by atoms with van der Waals surface area (Å²) in [5, 5.41) is 6.01. The lowest BCUT2D eigenvalue weighted by Crippen LogP contribution is -2.36. The Bertz CT molecular complexity index is 1240. The molecule has 0 saturated heterocycles. The van der Waals surface area contributed by atoms with Crippen molar-refractivity contribution in [3.63, 3.8) is 0 Å². The molecule has 0 unspecified atom stereocenters. The zero-order valence-corrected chi connectivity index (χ0v) is 21.2. The van der Waals surface area contributed by atoms with Crippen molar-refractivity contribution >= 4 is 22.3 Å². The molecule has 0 spiro atoms. The molecule has 1 aromatic heterocycles. The second-order valence-corrected chi connectivity index (χ2v) is 9.52. The van der Waals surface area contributed by atoms with Gasteiger partial charge >= 0.3 is 0 Å². The van der Waals surface area contributed by atoms with E-state index in [1.807, 2.05) is 36.7 Å². The van der Waals surface area contributed by atoms with E-state index in [0.717, 1.165) is 41.7 Å². The number of fused-ring (bicyclic) bond motifs is 1. The SMILES string of the molecule is C=C(c1cncc2ccccc12)N(CCNC(c1ccccc1)c1ccccc1)C[C@H](C)CC(C)=O. The highest BCUT2D eigenvalue weighted by Crippen LogP contribution is 2.27. The number of nitrogens with zero attached hydrogens (tertiary/aromatic N) is 2. The van der Waals surface area contributed by atoms with Crippen LogP contribution in [-0.4, -0.2) is 35.3 Å². The van der Waals surface area contributed by atoms with E-state index in [1.165, 1.54) is 11.1 Å². The molecular formula is C32H35N3O. The van der Waals surface area contributed by atoms with Crippen molar-refractivity contribution in [2.75, 3.05) is 19.6 Å². The summed E-state index contributed by atoms with van der Waals surface area (Å²) < 4.78 is 0. The first-order chi connectivity index (χ1) is 17.5. The maximum atomic E-state index is 11.8. The molecule has 36 heavy (non-hydrogen) atoms. The molecule has 4 heteroatoms. The Morgan fingerprint density at radius 1 is 0.917 bits per heavy atom. The van der Waals surface area contributed by atoms with Crippen LogP contribution < -0.4 is 5.32 Å². The van der Waals surface area contributed by atoms with Gasteiger partial charge in [0.15, 0.2) is 0 Å². The Labute approximate surface area is 214 Å². The number of carbonyl (C=O) groups excluding carboxylic acids is 1. The monoisotopic (exact) mass is 477 g/mol. The number of benzene rings is 3. The summed E-state index contributed by atoms with van der Waals surface area (Å²) in [5.41, 5.74) is 4.44. The van der Waals surface area contributed by atoms with E-state index in [4.69, 9.17) is 0 Å². The van der Waals surface area contributed by atoms with E-state index in [2.05, 4.69) is 89.4 Å². The second-order valence-electron chi connectivity index (χ2n) is 9.52. The Hall–Kier alpha value is -3.76. The van der Waals surface area contributed by atoms with E-state index >= 15 is 0 Å². The molecule has 0 aliphatic carbocycles. The molecule has 0 fully saturated rings. The smallest absolute Gasteiger partial charge is 0.130 e. The third-order valence-corrected chi connectivity index (χ3v) is 6.52. The number of hydrogen-bond acceptors (Lipinski definition) is 4. The van der Waals surface area contributed by atoms with Crippen LogP contribution in [0.4, 0.5) is 0 Å². The molecule has 1 heterocycles. The molecule has 1 atom stereocenters. The molecule has 0 amide bonds. The predicted molar refractivity (Wildman–Crippen MR) is 150 cm³/mol. The predicted octanol–water partition coefficient (Wildman–Crippen LogP) is 6.50. The van der Waals surface area contributed by atoms with Gasteiger partial charge in [-0.3, -0.25) is 4.98 Å². The molecular weight excluding hydrogens is 442 g/mol. The third-order valence-electron chi connectivity index (χ3n) is 6.52. The van der Waals surface area contributed by atoms with Crippen molar-refractivity contribution < 1.29 is 4.79 Å². The van der Waals surface area contributed by atoms with Crippen LogP contribution in [0.15, 0.2) is 104 Å². The minimum absolute atomic E-state index is 0.0939. The quantitative estimate of drug-likeness (QED) is 0.253. The van der Waals surface area contributed by atoms with Crippen molar-refractivity contribution in [2.45, 2.75) is 26.3 Å². The highest BCUT2D eigenvalue weighted by atomic mass is 16.1. The Kier molecular flexibility index (Phi) is 8.64. The Morgan fingerprint density at radius 3 is 2.17 bits per heavy atom. The van der Waals surface area contributed by atoms with Gasteiger partial charge in [-0.15, -0.1) is 0 Å². The molecule has 3 aromatic carbocycles. The molecule has 0 radical (unpaired) electrons. The summed E-state index contributed by atoms with van der Waals surface area (Å²) in [4.78, 5) is 18.6. The number of Topliss-reactive ketones (excluding diaryl/α,β-unsaturated/α-hetero) is 1. The van der Waals surface area contributed by atoms with E-state index in [9.17, 15) is 4.79 Å². The summed E-state index contributed by atoms with van der Waals surface area (Å²) in [6.07, 6.45) is 4.35. The molecule has 184 valence electrons. The highest BCUT2D eigenvalue weighted by Gasteiger charge is 2.18. The molecule has 0 aliphatic heterocycles. The zero-order valence-electron chi connectivity index (χ0n) is 21.2. The number of pyridine rings is 1. The first kappa shape index (κ1) is 25.3. The van der Waals surface area contributed by atoms with Crippen molar-refractivity contribution in [3.8, 4) is 0 Å². The van der Waals surface area contributed by atoms with Crippen LogP contribution in [-0.2, 0) is 4.79 Å². The van der Waals surface area contributed by atoms with Crippen molar-refractivity contribution in [2.24, 2.45) is 5.92 Å². The summed E-state index contributed by atoms with van der Waals surface area (Å²) >= 11 is 0. The average Bonchev–Trinajstić information content (AvgIpc) is 2.90. The van der Waals surface area contributed by atoms with E-state index in [-0.39, 0.29) is 17.7 Å². The van der Waals surface area contributed by atoms with E-state index < -0.39 is 0 Å². The van der Waals surface area contributed by atoms with Gasteiger partial charge in [0.25, 0.3) is 0 Å². The topological polar surface area (TPSA) is 45.2 Å². The molecule has 1 N–H and O–H groups in total. The minimum Gasteiger partial charge on any atom is -0.370 e. The minimum atomic E-state index is 0.0939. The normalized spacial score (nSPS) is 12.0. The molecule has 4 rings (SSSR count). The van der Waals surface area contributed by atoms with Gasteiger partial charge in [-0.2, -0.15) is 0 Å². The Balaban J connectivity index is 1.55. The van der Waals surface area contributed by atoms with Crippen LogP contribution in [0, 0.1) is 5.92 Å². The van der Waals surface area contributed by atoms with Crippen LogP contribution in [0.3, 0.4) is 0 Å². The number of rotatable bonds is 12. The van der Waals surface area contributed by atoms with Crippen molar-refractivity contribution in [1.82, 2.24) is 15.2 Å². The molecule has 4 nitrogen and oxygen atoms in total. The third kappa shape index (κ3) is 6.46. The van der Waals surface area contributed by atoms with Gasteiger partial charge < -0.3 is 15.0 Å². The maximum Gasteiger partial charge on any atom is 0.130 e. The molecule has 4 aromatic rings. The number of hydrogen-bond donors (Lipinski definition) is 1. The van der Waals surface area contributed by atoms with Crippen LogP contribution >= 0.6 is 0 Å². The summed E-state index contributed by atoms with van der Waals surface area (Å²) in [6.45, 7) is 10.6. The van der Waals surface area contributed by atoms with E-state index in [1.54, 1.807) is 6.92 Å². The average molecular weight is 478 g/mol. The highest BCUT2D eigenvalue weighted by molar-refractivity contribution is 5.92. The summed E-state index contributed by atoms with van der Waals surface area (Å²) in [7, 11) is 0. The van der Waals surface area contributed by atoms with Gasteiger partial charge in [-0.05, 0) is 29.4 Å². The lowest BCUT2D eigenvalue weighted by molar-refractivity contribution is -0.117. The van der Waals surface area contributed by atoms with Gasteiger partial charge in [0.05, 0.1) is 6.04 Å². The standard InChI is InChI=1S/C32H35N3O/c1-24(20-25(2)36)23-35(26(3)31-22-33-21-29-16-10-11-17-30(29)31)19-18-34-32(27-12-6-4-7-13-27)28-14-8-5-9-15-28/h4-17,21-22,24,32,34H,3,18-20,23H2,1-2H3/t24-/m1/s1.